The molecule has 0 unspecified atom stereocenters. The van der Waals surface area contributed by atoms with Crippen LogP contribution < -0.4 is 9.47 Å². The van der Waals surface area contributed by atoms with Crippen molar-refractivity contribution in [3.8, 4) is 23.0 Å². The average molecular weight is 628 g/mol. The van der Waals surface area contributed by atoms with Crippen LogP contribution in [0.2, 0.25) is 0 Å². The summed E-state index contributed by atoms with van der Waals surface area (Å²) in [6.07, 6.45) is 0. The molecule has 0 radical (unpaired) electrons. The molecular weight excluding hydrogens is 596 g/mol. The van der Waals surface area contributed by atoms with Gasteiger partial charge in [0.1, 0.15) is 23.0 Å². The summed E-state index contributed by atoms with van der Waals surface area (Å²) in [5.74, 6) is -0.751. The second-order valence-corrected chi connectivity index (χ2v) is 15.8. The van der Waals surface area contributed by atoms with Crippen molar-refractivity contribution in [1.29, 1.82) is 0 Å². The standard InChI is InChI=1S/C12H12O4.C5H14O6P2.CH6O6P2/c1-15-8-3-7-4-9(16-2)6-11(14)12(7)10(13)5-8;1-8-12(6,9-2)5-13(7,10-3)11-4;2-8(3,4)1-9(5,6)7/h3-6,13-14H,1-2H3;5H2,1-4H3;1H2,(H2,2,3,4)(H2,5,6,7). The van der Waals surface area contributed by atoms with Crippen LogP contribution in [0.5, 0.6) is 23.0 Å². The number of fused-ring (bicyclic) bond motifs is 1. The van der Waals surface area contributed by atoms with E-state index in [4.69, 9.17) is 29.0 Å². The largest absolute Gasteiger partial charge is 0.507 e. The molecule has 0 spiro atoms. The molecule has 0 aliphatic carbocycles. The van der Waals surface area contributed by atoms with Gasteiger partial charge in [0, 0.05) is 40.6 Å². The molecule has 220 valence electrons. The first kappa shape index (κ1) is 36.5. The Morgan fingerprint density at radius 3 is 1.11 bits per heavy atom. The fraction of sp³-hybridized carbons (Fsp3) is 0.444. The molecule has 6 N–H and O–H groups in total. The first-order chi connectivity index (χ1) is 17.3. The fourth-order valence-corrected chi connectivity index (χ4v) is 8.25. The third kappa shape index (κ3) is 13.0. The second-order valence-electron chi connectivity index (χ2n) is 6.96. The van der Waals surface area contributed by atoms with Gasteiger partial charge in [-0.2, -0.15) is 0 Å². The van der Waals surface area contributed by atoms with Crippen LogP contribution in [0.3, 0.4) is 0 Å². The number of aromatic hydroxyl groups is 2. The highest BCUT2D eigenvalue weighted by Gasteiger charge is 2.35. The molecular formula is C18H32O16P4. The summed E-state index contributed by atoms with van der Waals surface area (Å²) in [7, 11) is -7.94. The van der Waals surface area contributed by atoms with E-state index in [-0.39, 0.29) is 17.4 Å². The van der Waals surface area contributed by atoms with Gasteiger partial charge in [-0.3, -0.25) is 18.3 Å². The third-order valence-corrected chi connectivity index (χ3v) is 12.2. The van der Waals surface area contributed by atoms with E-state index in [2.05, 4.69) is 18.1 Å². The Balaban J connectivity index is 0.000000566. The quantitative estimate of drug-likeness (QED) is 0.206. The Kier molecular flexibility index (Phi) is 14.7. The molecule has 0 saturated heterocycles. The average Bonchev–Trinajstić information content (AvgIpc) is 2.81. The maximum atomic E-state index is 11.5. The Bertz CT molecular complexity index is 1130. The van der Waals surface area contributed by atoms with Crippen molar-refractivity contribution in [2.24, 2.45) is 0 Å². The van der Waals surface area contributed by atoms with E-state index in [1.807, 2.05) is 0 Å². The van der Waals surface area contributed by atoms with Gasteiger partial charge in [-0.25, -0.2) is 0 Å². The lowest BCUT2D eigenvalue weighted by atomic mass is 10.1. The van der Waals surface area contributed by atoms with Gasteiger partial charge in [0.2, 0.25) is 0 Å². The summed E-state index contributed by atoms with van der Waals surface area (Å²) in [5.41, 5.74) is 0. The first-order valence-electron chi connectivity index (χ1n) is 9.89. The lowest BCUT2D eigenvalue weighted by Gasteiger charge is -2.18. The van der Waals surface area contributed by atoms with Crippen LogP contribution in [0, 0.1) is 0 Å². The van der Waals surface area contributed by atoms with Crippen molar-refractivity contribution in [2.75, 3.05) is 54.5 Å². The van der Waals surface area contributed by atoms with Crippen molar-refractivity contribution in [3.63, 3.8) is 0 Å². The highest BCUT2D eigenvalue weighted by atomic mass is 31.2. The zero-order chi connectivity index (χ0) is 29.9. The van der Waals surface area contributed by atoms with Gasteiger partial charge < -0.3 is 57.4 Å². The summed E-state index contributed by atoms with van der Waals surface area (Å²) in [4.78, 5) is 31.9. The molecule has 2 aromatic rings. The van der Waals surface area contributed by atoms with Crippen LogP contribution in [-0.2, 0) is 36.4 Å². The topological polar surface area (TPSA) is 245 Å². The molecule has 0 atom stereocenters. The molecule has 0 aromatic heterocycles. The number of rotatable bonds is 10. The van der Waals surface area contributed by atoms with E-state index in [9.17, 15) is 28.5 Å². The molecule has 0 saturated carbocycles. The zero-order valence-corrected chi connectivity index (χ0v) is 24.9. The van der Waals surface area contributed by atoms with Gasteiger partial charge in [-0.1, -0.05) is 0 Å². The van der Waals surface area contributed by atoms with Crippen molar-refractivity contribution >= 4 is 41.2 Å². The number of hydrogen-bond donors (Lipinski definition) is 6. The first-order valence-corrected chi connectivity index (χ1v) is 16.9. The number of phenolic OH excluding ortho intramolecular Hbond substituents is 2. The summed E-state index contributed by atoms with van der Waals surface area (Å²) >= 11 is 0. The second kappa shape index (κ2) is 15.3. The molecule has 38 heavy (non-hydrogen) atoms. The minimum absolute atomic E-state index is 0.0190. The van der Waals surface area contributed by atoms with Gasteiger partial charge >= 0.3 is 30.4 Å². The van der Waals surface area contributed by atoms with Crippen LogP contribution in [0.15, 0.2) is 24.3 Å². The summed E-state index contributed by atoms with van der Waals surface area (Å²) in [6, 6.07) is 6.34. The zero-order valence-electron chi connectivity index (χ0n) is 21.3. The Morgan fingerprint density at radius 1 is 0.579 bits per heavy atom. The molecule has 0 aliphatic rings. The number of hydrogen-bond acceptors (Lipinski definition) is 12. The van der Waals surface area contributed by atoms with Crippen LogP contribution in [-0.4, -0.2) is 84.3 Å². The molecule has 16 nitrogen and oxygen atoms in total. The lowest BCUT2D eigenvalue weighted by Crippen LogP contribution is -1.99. The van der Waals surface area contributed by atoms with Crippen LogP contribution >= 0.6 is 30.4 Å². The van der Waals surface area contributed by atoms with Crippen molar-refractivity contribution in [2.45, 2.75) is 0 Å². The maximum absolute atomic E-state index is 11.5. The van der Waals surface area contributed by atoms with Gasteiger partial charge in [-0.15, -0.1) is 0 Å². The van der Waals surface area contributed by atoms with Crippen molar-refractivity contribution < 1.29 is 75.6 Å². The molecule has 0 bridgehead atoms. The summed E-state index contributed by atoms with van der Waals surface area (Å²) in [5, 5.41) is 20.5. The predicted molar refractivity (Wildman–Crippen MR) is 137 cm³/mol. The van der Waals surface area contributed by atoms with Crippen molar-refractivity contribution in [1.82, 2.24) is 0 Å². The number of methoxy groups -OCH3 is 2. The van der Waals surface area contributed by atoms with Crippen molar-refractivity contribution in [3.05, 3.63) is 24.3 Å². The highest BCUT2D eigenvalue weighted by Crippen LogP contribution is 2.62. The predicted octanol–water partition coefficient (Wildman–Crippen LogP) is 3.48. The van der Waals surface area contributed by atoms with Gasteiger partial charge in [0.05, 0.1) is 19.6 Å². The normalized spacial score (nSPS) is 12.2. The van der Waals surface area contributed by atoms with E-state index in [0.717, 1.165) is 0 Å². The fourth-order valence-electron chi connectivity index (χ4n) is 2.48. The van der Waals surface area contributed by atoms with E-state index < -0.39 is 36.3 Å². The Hall–Kier alpha value is -1.50. The van der Waals surface area contributed by atoms with Gasteiger partial charge in [-0.05, 0) is 17.5 Å². The van der Waals surface area contributed by atoms with Crippen LogP contribution in [0.1, 0.15) is 0 Å². The smallest absolute Gasteiger partial charge is 0.342 e. The van der Waals surface area contributed by atoms with Gasteiger partial charge in [0.15, 0.2) is 11.8 Å². The Morgan fingerprint density at radius 2 is 0.895 bits per heavy atom. The number of phenols is 2. The van der Waals surface area contributed by atoms with Gasteiger partial charge in [0.25, 0.3) is 0 Å². The maximum Gasteiger partial charge on any atom is 0.342 e. The minimum atomic E-state index is -4.55. The van der Waals surface area contributed by atoms with E-state index >= 15 is 0 Å². The highest BCUT2D eigenvalue weighted by molar-refractivity contribution is 7.71. The molecule has 2 rings (SSSR count). The number of benzene rings is 2. The van der Waals surface area contributed by atoms with E-state index in [1.54, 1.807) is 12.1 Å². The lowest BCUT2D eigenvalue weighted by molar-refractivity contribution is 0.260. The molecule has 0 amide bonds. The molecule has 2 aromatic carbocycles. The van der Waals surface area contributed by atoms with E-state index in [0.29, 0.717) is 22.3 Å². The summed E-state index contributed by atoms with van der Waals surface area (Å²) in [6.45, 7) is 0. The summed E-state index contributed by atoms with van der Waals surface area (Å²) < 4.78 is 71.1. The number of ether oxygens (including phenoxy) is 2. The Labute approximate surface area is 218 Å². The minimum Gasteiger partial charge on any atom is -0.507 e. The molecule has 0 fully saturated rings. The molecule has 0 aliphatic heterocycles. The monoisotopic (exact) mass is 628 g/mol. The molecule has 0 heterocycles. The molecule has 20 heteroatoms. The van der Waals surface area contributed by atoms with Crippen LogP contribution in [0.25, 0.3) is 10.8 Å². The van der Waals surface area contributed by atoms with E-state index in [1.165, 1.54) is 54.8 Å². The van der Waals surface area contributed by atoms with Crippen LogP contribution in [0.4, 0.5) is 0 Å². The third-order valence-electron chi connectivity index (χ3n) is 4.25. The SMILES string of the molecule is COP(=O)(CP(=O)(OC)OC)OC.COc1cc(O)c2c(O)cc(OC)cc2c1.O=P(O)(O)CP(=O)(O)O.